The first-order chi connectivity index (χ1) is 16.1. The lowest BCUT2D eigenvalue weighted by atomic mass is 9.85. The number of benzene rings is 2. The Labute approximate surface area is 196 Å². The maximum atomic E-state index is 13.1. The smallest absolute Gasteiger partial charge is 0.260 e. The predicted molar refractivity (Wildman–Crippen MR) is 125 cm³/mol. The molecule has 166 valence electrons. The van der Waals surface area contributed by atoms with Crippen LogP contribution in [0.15, 0.2) is 66.7 Å². The summed E-state index contributed by atoms with van der Waals surface area (Å²) >= 11 is 6.12. The molecule has 1 N–H and O–H groups in total. The molecule has 1 aromatic heterocycles. The van der Waals surface area contributed by atoms with Crippen molar-refractivity contribution in [3.63, 3.8) is 0 Å². The molecule has 0 bridgehead atoms. The number of imide groups is 1. The second kappa shape index (κ2) is 7.85. The number of hydrogen-bond acceptors (Lipinski definition) is 5. The fourth-order valence-corrected chi connectivity index (χ4v) is 5.25. The molecule has 4 atom stereocenters. The predicted octanol–water partition coefficient (Wildman–Crippen LogP) is 4.53. The summed E-state index contributed by atoms with van der Waals surface area (Å²) < 4.78 is 1.79. The van der Waals surface area contributed by atoms with Crippen molar-refractivity contribution in [2.24, 2.45) is 11.8 Å². The van der Waals surface area contributed by atoms with Crippen molar-refractivity contribution < 1.29 is 9.59 Å². The molecule has 0 unspecified atom stereocenters. The summed E-state index contributed by atoms with van der Waals surface area (Å²) in [7, 11) is 0. The van der Waals surface area contributed by atoms with Crippen LogP contribution >= 0.6 is 11.6 Å². The zero-order chi connectivity index (χ0) is 22.5. The average Bonchev–Trinajstić information content (AvgIpc) is 3.38. The SMILES string of the molecule is O=C1[C@H]2CC=CC[C@H]2C(=O)N1c1nc2n(n1)[C@H](c1ccc(Cl)cc1)C[C@@H](c1ccccc1)N2. The Bertz CT molecular complexity index is 1230. The van der Waals surface area contributed by atoms with Crippen LogP contribution in [0, 0.1) is 11.8 Å². The number of hydrogen-bond donors (Lipinski definition) is 1. The van der Waals surface area contributed by atoms with Crippen molar-refractivity contribution in [3.8, 4) is 0 Å². The first kappa shape index (κ1) is 20.2. The van der Waals surface area contributed by atoms with Crippen LogP contribution in [-0.4, -0.2) is 26.6 Å². The Morgan fingerprint density at radius 3 is 2.21 bits per heavy atom. The van der Waals surface area contributed by atoms with Crippen molar-refractivity contribution in [3.05, 3.63) is 82.9 Å². The highest BCUT2D eigenvalue weighted by atomic mass is 35.5. The second-order valence-electron chi connectivity index (χ2n) is 8.76. The van der Waals surface area contributed by atoms with E-state index in [2.05, 4.69) is 27.5 Å². The summed E-state index contributed by atoms with van der Waals surface area (Å²) in [5.41, 5.74) is 2.18. The number of carbonyl (C=O) groups excluding carboxylic acids is 2. The van der Waals surface area contributed by atoms with Crippen molar-refractivity contribution >= 4 is 35.3 Å². The Morgan fingerprint density at radius 2 is 1.55 bits per heavy atom. The summed E-state index contributed by atoms with van der Waals surface area (Å²) in [5, 5.41) is 8.80. The number of halogens is 1. The van der Waals surface area contributed by atoms with Crippen LogP contribution in [0.1, 0.15) is 42.5 Å². The van der Waals surface area contributed by atoms with Crippen LogP contribution in [-0.2, 0) is 9.59 Å². The summed E-state index contributed by atoms with van der Waals surface area (Å²) in [5.74, 6) is -0.367. The molecule has 3 aliphatic rings. The summed E-state index contributed by atoms with van der Waals surface area (Å²) in [6, 6.07) is 17.7. The molecule has 0 spiro atoms. The van der Waals surface area contributed by atoms with Crippen molar-refractivity contribution in [2.45, 2.75) is 31.3 Å². The minimum absolute atomic E-state index is 0.00758. The monoisotopic (exact) mass is 459 g/mol. The molecule has 2 amide bonds. The van der Waals surface area contributed by atoms with Gasteiger partial charge in [0.2, 0.25) is 17.8 Å². The molecule has 8 heteroatoms. The van der Waals surface area contributed by atoms with E-state index in [0.29, 0.717) is 23.8 Å². The number of aromatic nitrogens is 3. The molecule has 33 heavy (non-hydrogen) atoms. The number of carbonyl (C=O) groups is 2. The van der Waals surface area contributed by atoms with Crippen molar-refractivity contribution in [1.29, 1.82) is 0 Å². The topological polar surface area (TPSA) is 80.1 Å². The highest BCUT2D eigenvalue weighted by molar-refractivity contribution is 6.30. The molecule has 1 aliphatic carbocycles. The number of rotatable bonds is 3. The third-order valence-electron chi connectivity index (χ3n) is 6.84. The van der Waals surface area contributed by atoms with Gasteiger partial charge in [0.15, 0.2) is 0 Å². The normalized spacial score (nSPS) is 26.2. The molecule has 3 heterocycles. The highest BCUT2D eigenvalue weighted by Crippen LogP contribution is 2.41. The van der Waals surface area contributed by atoms with Crippen LogP contribution < -0.4 is 10.2 Å². The summed E-state index contributed by atoms with van der Waals surface area (Å²) in [6.07, 6.45) is 5.86. The van der Waals surface area contributed by atoms with E-state index in [0.717, 1.165) is 17.5 Å². The third kappa shape index (κ3) is 3.35. The Hall–Kier alpha value is -3.45. The lowest BCUT2D eigenvalue weighted by molar-refractivity contribution is -0.122. The zero-order valence-corrected chi connectivity index (χ0v) is 18.5. The molecule has 7 nitrogen and oxygen atoms in total. The fraction of sp³-hybridized carbons (Fsp3) is 0.280. The molecule has 0 saturated carbocycles. The van der Waals surface area contributed by atoms with Gasteiger partial charge >= 0.3 is 0 Å². The van der Waals surface area contributed by atoms with Gasteiger partial charge in [-0.25, -0.2) is 9.58 Å². The van der Waals surface area contributed by atoms with E-state index < -0.39 is 0 Å². The molecular weight excluding hydrogens is 438 g/mol. The average molecular weight is 460 g/mol. The van der Waals surface area contributed by atoms with Crippen LogP contribution in [0.25, 0.3) is 0 Å². The number of allylic oxidation sites excluding steroid dienone is 2. The molecule has 1 fully saturated rings. The lowest BCUT2D eigenvalue weighted by Gasteiger charge is -2.31. The van der Waals surface area contributed by atoms with E-state index in [1.54, 1.807) is 4.68 Å². The molecule has 0 radical (unpaired) electrons. The largest absolute Gasteiger partial charge is 0.347 e. The van der Waals surface area contributed by atoms with E-state index in [-0.39, 0.29) is 41.7 Å². The van der Waals surface area contributed by atoms with Gasteiger partial charge in [-0.15, -0.1) is 5.10 Å². The van der Waals surface area contributed by atoms with Gasteiger partial charge in [0, 0.05) is 5.02 Å². The Kier molecular flexibility index (Phi) is 4.80. The minimum Gasteiger partial charge on any atom is -0.347 e. The maximum absolute atomic E-state index is 13.1. The molecular formula is C25H22ClN5O2. The van der Waals surface area contributed by atoms with Crippen molar-refractivity contribution in [2.75, 3.05) is 10.2 Å². The standard InChI is InChI=1S/C25H22ClN5O2/c26-17-12-10-16(11-13-17)21-14-20(15-6-2-1-3-7-15)27-24-28-25(29-31(21)24)30-22(32)18-8-4-5-9-19(18)23(30)33/h1-7,10-13,18-21H,8-9,14H2,(H,27,28,29)/t18-,19+,20-,21-/m0/s1. The number of amides is 2. The summed E-state index contributed by atoms with van der Waals surface area (Å²) in [6.45, 7) is 0. The molecule has 3 aromatic rings. The quantitative estimate of drug-likeness (QED) is 0.459. The van der Waals surface area contributed by atoms with Gasteiger partial charge in [0.1, 0.15) is 0 Å². The highest BCUT2D eigenvalue weighted by Gasteiger charge is 2.49. The minimum atomic E-state index is -0.319. The van der Waals surface area contributed by atoms with Gasteiger partial charge in [0.05, 0.1) is 23.9 Å². The van der Waals surface area contributed by atoms with E-state index in [4.69, 9.17) is 11.6 Å². The molecule has 2 aliphatic heterocycles. The van der Waals surface area contributed by atoms with Gasteiger partial charge in [-0.05, 0) is 42.5 Å². The third-order valence-corrected chi connectivity index (χ3v) is 7.09. The van der Waals surface area contributed by atoms with E-state index >= 15 is 0 Å². The van der Waals surface area contributed by atoms with Gasteiger partial charge in [-0.1, -0.05) is 66.2 Å². The first-order valence-electron chi connectivity index (χ1n) is 11.2. The van der Waals surface area contributed by atoms with Gasteiger partial charge in [-0.2, -0.15) is 4.98 Å². The first-order valence-corrected chi connectivity index (χ1v) is 11.5. The van der Waals surface area contributed by atoms with E-state index in [1.807, 2.05) is 54.6 Å². The Balaban J connectivity index is 1.41. The molecule has 1 saturated heterocycles. The van der Waals surface area contributed by atoms with Crippen LogP contribution in [0.5, 0.6) is 0 Å². The van der Waals surface area contributed by atoms with E-state index in [9.17, 15) is 9.59 Å². The molecule has 2 aromatic carbocycles. The van der Waals surface area contributed by atoms with Crippen LogP contribution in [0.4, 0.5) is 11.9 Å². The van der Waals surface area contributed by atoms with E-state index in [1.165, 1.54) is 4.90 Å². The maximum Gasteiger partial charge on any atom is 0.260 e. The van der Waals surface area contributed by atoms with Gasteiger partial charge in [0.25, 0.3) is 5.95 Å². The van der Waals surface area contributed by atoms with Crippen LogP contribution in [0.2, 0.25) is 5.02 Å². The fourth-order valence-electron chi connectivity index (χ4n) is 5.12. The Morgan fingerprint density at radius 1 is 0.879 bits per heavy atom. The lowest BCUT2D eigenvalue weighted by Crippen LogP contribution is -2.32. The number of nitrogens with zero attached hydrogens (tertiary/aromatic N) is 4. The molecule has 6 rings (SSSR count). The van der Waals surface area contributed by atoms with Gasteiger partial charge in [-0.3, -0.25) is 9.59 Å². The van der Waals surface area contributed by atoms with Crippen LogP contribution in [0.3, 0.4) is 0 Å². The number of nitrogens with one attached hydrogen (secondary N) is 1. The second-order valence-corrected chi connectivity index (χ2v) is 9.19. The summed E-state index contributed by atoms with van der Waals surface area (Å²) in [4.78, 5) is 32.0. The van der Waals surface area contributed by atoms with Crippen molar-refractivity contribution in [1.82, 2.24) is 14.8 Å². The number of anilines is 2. The zero-order valence-electron chi connectivity index (χ0n) is 17.8. The number of fused-ring (bicyclic) bond motifs is 2. The van der Waals surface area contributed by atoms with Gasteiger partial charge < -0.3 is 5.32 Å².